The topological polar surface area (TPSA) is 114 Å². The lowest BCUT2D eigenvalue weighted by atomic mass is 10.1. The third-order valence-corrected chi connectivity index (χ3v) is 8.35. The Balaban J connectivity index is 1.32. The minimum absolute atomic E-state index is 0.0200. The summed E-state index contributed by atoms with van der Waals surface area (Å²) in [7, 11) is 0. The van der Waals surface area contributed by atoms with Gasteiger partial charge in [0.2, 0.25) is 0 Å². The molecule has 0 aliphatic rings. The highest BCUT2D eigenvalue weighted by atomic mass is 32.2. The number of amides is 1. The molecule has 0 unspecified atom stereocenters. The fourth-order valence-electron chi connectivity index (χ4n) is 4.81. The summed E-state index contributed by atoms with van der Waals surface area (Å²) in [5.41, 5.74) is 0.909. The van der Waals surface area contributed by atoms with Crippen molar-refractivity contribution in [1.29, 1.82) is 0 Å². The summed E-state index contributed by atoms with van der Waals surface area (Å²) >= 11 is 0.796. The second kappa shape index (κ2) is 18.7. The molecule has 0 spiro atoms. The van der Waals surface area contributed by atoms with Gasteiger partial charge in [0.1, 0.15) is 18.0 Å². The Kier molecular flexibility index (Phi) is 14.1. The molecule has 0 saturated carbocycles. The first-order chi connectivity index (χ1) is 24.1. The molecule has 4 rings (SSSR count). The van der Waals surface area contributed by atoms with E-state index in [4.69, 9.17) is 9.47 Å². The average molecular weight is 711 g/mol. The number of nitrogens with one attached hydrogen (secondary N) is 1. The molecule has 0 bridgehead atoms. The van der Waals surface area contributed by atoms with Gasteiger partial charge in [-0.3, -0.25) is 9.59 Å². The van der Waals surface area contributed by atoms with Crippen LogP contribution in [-0.2, 0) is 22.4 Å². The zero-order chi connectivity index (χ0) is 35.9. The van der Waals surface area contributed by atoms with E-state index in [0.717, 1.165) is 35.8 Å². The lowest BCUT2D eigenvalue weighted by Crippen LogP contribution is -2.35. The minimum atomic E-state index is -4.13. The van der Waals surface area contributed by atoms with E-state index >= 15 is 0 Å². The van der Waals surface area contributed by atoms with E-state index in [1.807, 2.05) is 0 Å². The van der Waals surface area contributed by atoms with E-state index in [1.54, 1.807) is 48.5 Å². The number of carboxylic acids is 1. The maximum Gasteiger partial charge on any atom is 0.414 e. The molecule has 0 fully saturated rings. The number of esters is 1. The van der Waals surface area contributed by atoms with Crippen molar-refractivity contribution in [1.82, 2.24) is 4.90 Å². The molecule has 0 aromatic heterocycles. The van der Waals surface area contributed by atoms with E-state index in [2.05, 4.69) is 16.6 Å². The first kappa shape index (κ1) is 37.8. The molecule has 0 aliphatic heterocycles. The predicted molar refractivity (Wildman–Crippen MR) is 183 cm³/mol. The molecule has 4 aromatic rings. The van der Waals surface area contributed by atoms with E-state index in [1.165, 1.54) is 61.7 Å². The van der Waals surface area contributed by atoms with Gasteiger partial charge in [0.25, 0.3) is 5.91 Å². The number of carbonyl (C=O) groups excluding carboxylic acids is 2. The Hall–Kier alpha value is -5.01. The lowest BCUT2D eigenvalue weighted by Gasteiger charge is -2.21. The lowest BCUT2D eigenvalue weighted by molar-refractivity contribution is -0.365. The molecular weight excluding hydrogens is 673 g/mol. The van der Waals surface area contributed by atoms with Crippen molar-refractivity contribution >= 4 is 35.5 Å². The Labute approximate surface area is 292 Å². The standard InChI is InChI=1S/C37H37F3N2O7S/c1-2-3-4-5-8-23-47-30-21-15-28(16-22-30)36(46)48-31-19-11-26(12-20-31)24-42(25-34(43)44)35(45)27-13-17-29(18-14-27)41-50-33-10-7-6-9-32(33)37(38,39)49-40/h6-7,9-22,41H,2-5,8,23-25H2,1H3,(H,43,44). The molecule has 1 amide bonds. The van der Waals surface area contributed by atoms with Gasteiger partial charge in [-0.2, -0.15) is 8.78 Å². The second-order valence-corrected chi connectivity index (χ2v) is 12.1. The average Bonchev–Trinajstić information content (AvgIpc) is 3.12. The van der Waals surface area contributed by atoms with Crippen LogP contribution in [0.2, 0.25) is 0 Å². The number of unbranched alkanes of at least 4 members (excludes halogenated alkanes) is 4. The van der Waals surface area contributed by atoms with Gasteiger partial charge in [0, 0.05) is 22.7 Å². The summed E-state index contributed by atoms with van der Waals surface area (Å²) in [6.07, 6.45) is 1.55. The summed E-state index contributed by atoms with van der Waals surface area (Å²) in [4.78, 5) is 41.6. The quantitative estimate of drug-likeness (QED) is 0.0426. The summed E-state index contributed by atoms with van der Waals surface area (Å²) in [6, 6.07) is 24.3. The molecular formula is C37H37F3N2O7S. The Morgan fingerprint density at radius 3 is 2.12 bits per heavy atom. The molecule has 264 valence electrons. The molecule has 4 aromatic carbocycles. The van der Waals surface area contributed by atoms with E-state index in [9.17, 15) is 32.8 Å². The van der Waals surface area contributed by atoms with Crippen LogP contribution in [0.25, 0.3) is 0 Å². The molecule has 50 heavy (non-hydrogen) atoms. The van der Waals surface area contributed by atoms with Crippen LogP contribution in [-0.4, -0.2) is 41.0 Å². The number of hydrogen-bond acceptors (Lipinski definition) is 8. The van der Waals surface area contributed by atoms with E-state index < -0.39 is 36.1 Å². The zero-order valence-corrected chi connectivity index (χ0v) is 28.1. The number of benzene rings is 4. The van der Waals surface area contributed by atoms with Gasteiger partial charge in [-0.25, -0.2) is 4.79 Å². The highest BCUT2D eigenvalue weighted by Gasteiger charge is 2.37. The van der Waals surface area contributed by atoms with Crippen LogP contribution >= 0.6 is 11.9 Å². The molecule has 0 radical (unpaired) electrons. The van der Waals surface area contributed by atoms with Crippen LogP contribution in [0, 0.1) is 0 Å². The van der Waals surface area contributed by atoms with Crippen LogP contribution in [0.4, 0.5) is 19.0 Å². The van der Waals surface area contributed by atoms with Crippen molar-refractivity contribution < 1.29 is 47.2 Å². The number of carboxylic acid groups (broad SMARTS) is 1. The maximum atomic E-state index is 13.8. The van der Waals surface area contributed by atoms with Crippen molar-refractivity contribution in [3.05, 3.63) is 119 Å². The van der Waals surface area contributed by atoms with Crippen LogP contribution in [0.1, 0.15) is 70.9 Å². The fourth-order valence-corrected chi connectivity index (χ4v) is 5.62. The number of anilines is 1. The molecule has 13 heteroatoms. The zero-order valence-electron chi connectivity index (χ0n) is 27.3. The predicted octanol–water partition coefficient (Wildman–Crippen LogP) is 9.05. The SMILES string of the molecule is CCCCCCCOc1ccc(C(=O)Oc2ccc(CN(CC(=O)O)C(=O)c3ccc(NSc4ccccc4C(F)(F)OF)cc3)cc2)cc1. The molecule has 0 aliphatic carbocycles. The summed E-state index contributed by atoms with van der Waals surface area (Å²) in [6.45, 7) is 2.16. The number of nitrogens with zero attached hydrogens (tertiary/aromatic N) is 1. The van der Waals surface area contributed by atoms with Crippen LogP contribution < -0.4 is 14.2 Å². The molecule has 0 heterocycles. The van der Waals surface area contributed by atoms with E-state index in [0.29, 0.717) is 29.2 Å². The van der Waals surface area contributed by atoms with Gasteiger partial charge in [0.15, 0.2) is 0 Å². The highest BCUT2D eigenvalue weighted by Crippen LogP contribution is 2.37. The number of aliphatic carboxylic acids is 1. The van der Waals surface area contributed by atoms with Gasteiger partial charge in [-0.05, 0) is 101 Å². The maximum absolute atomic E-state index is 13.8. The number of ether oxygens (including phenoxy) is 2. The number of hydrogen-bond donors (Lipinski definition) is 2. The summed E-state index contributed by atoms with van der Waals surface area (Å²) in [5, 5.41) is 9.47. The highest BCUT2D eigenvalue weighted by molar-refractivity contribution is 8.00. The third-order valence-electron chi connectivity index (χ3n) is 7.44. The number of halogens is 3. The molecule has 2 N–H and O–H groups in total. The largest absolute Gasteiger partial charge is 0.494 e. The smallest absolute Gasteiger partial charge is 0.414 e. The molecule has 0 atom stereocenters. The van der Waals surface area contributed by atoms with Crippen molar-refractivity contribution in [3.8, 4) is 11.5 Å². The number of alkyl halides is 2. The van der Waals surface area contributed by atoms with Gasteiger partial charge in [-0.1, -0.05) is 56.9 Å². The Bertz CT molecular complexity index is 1710. The Morgan fingerprint density at radius 2 is 1.46 bits per heavy atom. The first-order valence-electron chi connectivity index (χ1n) is 15.9. The van der Waals surface area contributed by atoms with Gasteiger partial charge < -0.3 is 24.2 Å². The molecule has 9 nitrogen and oxygen atoms in total. The third kappa shape index (κ3) is 11.3. The molecule has 0 saturated heterocycles. The normalized spacial score (nSPS) is 11.1. The first-order valence-corrected chi connectivity index (χ1v) is 16.8. The van der Waals surface area contributed by atoms with E-state index in [-0.39, 0.29) is 22.8 Å². The van der Waals surface area contributed by atoms with Crippen molar-refractivity contribution in [2.24, 2.45) is 0 Å². The second-order valence-electron chi connectivity index (χ2n) is 11.2. The van der Waals surface area contributed by atoms with Crippen molar-refractivity contribution in [2.45, 2.75) is 56.6 Å². The summed E-state index contributed by atoms with van der Waals surface area (Å²) in [5.74, 6) is -1.39. The fraction of sp³-hybridized carbons (Fsp3) is 0.270. The van der Waals surface area contributed by atoms with Crippen LogP contribution in [0.3, 0.4) is 0 Å². The van der Waals surface area contributed by atoms with Gasteiger partial charge in [-0.15, -0.1) is 4.94 Å². The number of rotatable bonds is 19. The monoisotopic (exact) mass is 710 g/mol. The number of carbonyl (C=O) groups is 3. The van der Waals surface area contributed by atoms with Crippen molar-refractivity contribution in [2.75, 3.05) is 17.9 Å². The van der Waals surface area contributed by atoms with Crippen LogP contribution in [0.5, 0.6) is 11.5 Å². The van der Waals surface area contributed by atoms with Gasteiger partial charge >= 0.3 is 18.0 Å². The van der Waals surface area contributed by atoms with Crippen LogP contribution in [0.15, 0.2) is 102 Å². The van der Waals surface area contributed by atoms with Gasteiger partial charge in [0.05, 0.1) is 17.7 Å². The van der Waals surface area contributed by atoms with Crippen molar-refractivity contribution in [3.63, 3.8) is 0 Å². The minimum Gasteiger partial charge on any atom is -0.494 e. The summed E-state index contributed by atoms with van der Waals surface area (Å²) < 4.78 is 54.1. The Morgan fingerprint density at radius 1 is 0.820 bits per heavy atom.